The van der Waals surface area contributed by atoms with Crippen LogP contribution in [0.15, 0.2) is 24.3 Å². The van der Waals surface area contributed by atoms with Gasteiger partial charge in [-0.05, 0) is 19.5 Å². The fourth-order valence-corrected chi connectivity index (χ4v) is 2.33. The first-order valence-corrected chi connectivity index (χ1v) is 5.91. The number of rotatable bonds is 2. The maximum atomic E-state index is 6.35. The van der Waals surface area contributed by atoms with Crippen molar-refractivity contribution in [2.24, 2.45) is 5.73 Å². The van der Waals surface area contributed by atoms with E-state index in [1.54, 1.807) is 0 Å². The standard InChI is InChI=1S/C13H21N3/c1-10-4-3-5-11(8-10)13(14)12-9-15-6-7-16(12)2/h3-5,8,12-13,15H,6-7,9,14H2,1-2H3. The molecule has 2 atom stereocenters. The Morgan fingerprint density at radius 2 is 2.31 bits per heavy atom. The molecule has 3 heteroatoms. The van der Waals surface area contributed by atoms with Gasteiger partial charge in [0.1, 0.15) is 0 Å². The summed E-state index contributed by atoms with van der Waals surface area (Å²) in [5, 5.41) is 3.41. The van der Waals surface area contributed by atoms with Gasteiger partial charge in [0.15, 0.2) is 0 Å². The molecule has 1 aromatic rings. The van der Waals surface area contributed by atoms with Crippen LogP contribution in [0.2, 0.25) is 0 Å². The summed E-state index contributed by atoms with van der Waals surface area (Å²) >= 11 is 0. The predicted molar refractivity (Wildman–Crippen MR) is 67.4 cm³/mol. The molecule has 1 aliphatic rings. The van der Waals surface area contributed by atoms with Gasteiger partial charge in [-0.25, -0.2) is 0 Å². The summed E-state index contributed by atoms with van der Waals surface area (Å²) in [7, 11) is 2.15. The van der Waals surface area contributed by atoms with Crippen LogP contribution in [-0.4, -0.2) is 37.6 Å². The lowest BCUT2D eigenvalue weighted by Crippen LogP contribution is -2.53. The molecule has 1 heterocycles. The number of nitrogens with two attached hydrogens (primary N) is 1. The number of likely N-dealkylation sites (N-methyl/N-ethyl adjacent to an activating group) is 1. The fourth-order valence-electron chi connectivity index (χ4n) is 2.33. The molecule has 3 N–H and O–H groups in total. The summed E-state index contributed by atoms with van der Waals surface area (Å²) in [5.74, 6) is 0. The van der Waals surface area contributed by atoms with Gasteiger partial charge in [-0.3, -0.25) is 4.90 Å². The Bertz CT molecular complexity index is 351. The molecule has 88 valence electrons. The van der Waals surface area contributed by atoms with Gasteiger partial charge in [-0.15, -0.1) is 0 Å². The summed E-state index contributed by atoms with van der Waals surface area (Å²) in [5.41, 5.74) is 8.86. The van der Waals surface area contributed by atoms with Crippen molar-refractivity contribution in [3.8, 4) is 0 Å². The second-order valence-corrected chi connectivity index (χ2v) is 4.69. The maximum absolute atomic E-state index is 6.35. The molecule has 2 unspecified atom stereocenters. The van der Waals surface area contributed by atoms with E-state index in [9.17, 15) is 0 Å². The van der Waals surface area contributed by atoms with Crippen molar-refractivity contribution < 1.29 is 0 Å². The van der Waals surface area contributed by atoms with Gasteiger partial charge in [0.2, 0.25) is 0 Å². The molecular weight excluding hydrogens is 198 g/mol. The minimum atomic E-state index is 0.0951. The molecule has 3 nitrogen and oxygen atoms in total. The average Bonchev–Trinajstić information content (AvgIpc) is 2.29. The first-order chi connectivity index (χ1) is 7.68. The summed E-state index contributed by atoms with van der Waals surface area (Å²) < 4.78 is 0. The van der Waals surface area contributed by atoms with Crippen LogP contribution in [0.25, 0.3) is 0 Å². The van der Waals surface area contributed by atoms with Crippen molar-refractivity contribution >= 4 is 0 Å². The molecule has 0 amide bonds. The third-order valence-corrected chi connectivity index (χ3v) is 3.40. The minimum absolute atomic E-state index is 0.0951. The second-order valence-electron chi connectivity index (χ2n) is 4.69. The van der Waals surface area contributed by atoms with Crippen LogP contribution < -0.4 is 11.1 Å². The van der Waals surface area contributed by atoms with Gasteiger partial charge in [0, 0.05) is 31.7 Å². The normalized spacial score (nSPS) is 24.3. The monoisotopic (exact) mass is 219 g/mol. The van der Waals surface area contributed by atoms with E-state index in [-0.39, 0.29) is 6.04 Å². The van der Waals surface area contributed by atoms with Gasteiger partial charge in [-0.1, -0.05) is 29.8 Å². The number of benzene rings is 1. The zero-order valence-corrected chi connectivity index (χ0v) is 10.1. The number of nitrogens with zero attached hydrogens (tertiary/aromatic N) is 1. The zero-order valence-electron chi connectivity index (χ0n) is 10.1. The SMILES string of the molecule is Cc1cccc(C(N)C2CNCCN2C)c1. The van der Waals surface area contributed by atoms with E-state index < -0.39 is 0 Å². The maximum Gasteiger partial charge on any atom is 0.0465 e. The van der Waals surface area contributed by atoms with E-state index in [4.69, 9.17) is 5.73 Å². The average molecular weight is 219 g/mol. The lowest BCUT2D eigenvalue weighted by Gasteiger charge is -2.37. The van der Waals surface area contributed by atoms with Gasteiger partial charge in [0.25, 0.3) is 0 Å². The molecule has 0 aromatic heterocycles. The smallest absolute Gasteiger partial charge is 0.0465 e. The lowest BCUT2D eigenvalue weighted by molar-refractivity contribution is 0.174. The Labute approximate surface area is 97.6 Å². The minimum Gasteiger partial charge on any atom is -0.323 e. The Morgan fingerprint density at radius 3 is 3.00 bits per heavy atom. The van der Waals surface area contributed by atoms with E-state index in [0.29, 0.717) is 6.04 Å². The number of nitrogens with one attached hydrogen (secondary N) is 1. The Hall–Kier alpha value is -0.900. The van der Waals surface area contributed by atoms with Gasteiger partial charge in [-0.2, -0.15) is 0 Å². The molecular formula is C13H21N3. The number of hydrogen-bond acceptors (Lipinski definition) is 3. The van der Waals surface area contributed by atoms with Crippen molar-refractivity contribution in [2.45, 2.75) is 19.0 Å². The summed E-state index contributed by atoms with van der Waals surface area (Å²) in [6.45, 7) is 5.22. The van der Waals surface area contributed by atoms with Gasteiger partial charge >= 0.3 is 0 Å². The summed E-state index contributed by atoms with van der Waals surface area (Å²) in [4.78, 5) is 2.35. The number of hydrogen-bond donors (Lipinski definition) is 2. The predicted octanol–water partition coefficient (Wildman–Crippen LogP) is 0.898. The first kappa shape index (κ1) is 11.6. The Morgan fingerprint density at radius 1 is 1.50 bits per heavy atom. The Kier molecular flexibility index (Phi) is 3.59. The fraction of sp³-hybridized carbons (Fsp3) is 0.538. The van der Waals surface area contributed by atoms with E-state index >= 15 is 0 Å². The van der Waals surface area contributed by atoms with Crippen molar-refractivity contribution in [3.63, 3.8) is 0 Å². The first-order valence-electron chi connectivity index (χ1n) is 5.91. The highest BCUT2D eigenvalue weighted by Gasteiger charge is 2.25. The highest BCUT2D eigenvalue weighted by atomic mass is 15.2. The highest BCUT2D eigenvalue weighted by Crippen LogP contribution is 2.19. The molecule has 2 rings (SSSR count). The topological polar surface area (TPSA) is 41.3 Å². The lowest BCUT2D eigenvalue weighted by atomic mass is 9.96. The molecule has 0 bridgehead atoms. The third-order valence-electron chi connectivity index (χ3n) is 3.40. The van der Waals surface area contributed by atoms with Crippen LogP contribution >= 0.6 is 0 Å². The van der Waals surface area contributed by atoms with Crippen molar-refractivity contribution in [3.05, 3.63) is 35.4 Å². The van der Waals surface area contributed by atoms with Crippen molar-refractivity contribution in [1.29, 1.82) is 0 Å². The van der Waals surface area contributed by atoms with E-state index in [0.717, 1.165) is 19.6 Å². The van der Waals surface area contributed by atoms with Gasteiger partial charge in [0.05, 0.1) is 0 Å². The molecule has 1 aromatic carbocycles. The zero-order chi connectivity index (χ0) is 11.5. The van der Waals surface area contributed by atoms with E-state index in [2.05, 4.69) is 48.5 Å². The number of piperazine rings is 1. The second kappa shape index (κ2) is 4.95. The molecule has 1 fully saturated rings. The molecule has 0 aliphatic carbocycles. The Balaban J connectivity index is 2.14. The van der Waals surface area contributed by atoms with Crippen LogP contribution in [0.3, 0.4) is 0 Å². The van der Waals surface area contributed by atoms with Crippen molar-refractivity contribution in [1.82, 2.24) is 10.2 Å². The van der Waals surface area contributed by atoms with Crippen LogP contribution in [0, 0.1) is 6.92 Å². The van der Waals surface area contributed by atoms with Crippen molar-refractivity contribution in [2.75, 3.05) is 26.7 Å². The molecule has 1 saturated heterocycles. The third kappa shape index (κ3) is 2.43. The molecule has 0 spiro atoms. The van der Waals surface area contributed by atoms with E-state index in [1.165, 1.54) is 11.1 Å². The van der Waals surface area contributed by atoms with Gasteiger partial charge < -0.3 is 11.1 Å². The summed E-state index contributed by atoms with van der Waals surface area (Å²) in [6, 6.07) is 9.00. The summed E-state index contributed by atoms with van der Waals surface area (Å²) in [6.07, 6.45) is 0. The largest absolute Gasteiger partial charge is 0.323 e. The van der Waals surface area contributed by atoms with E-state index in [1.807, 2.05) is 0 Å². The molecule has 0 radical (unpaired) electrons. The van der Waals surface area contributed by atoms with Crippen LogP contribution in [0.5, 0.6) is 0 Å². The number of aryl methyl sites for hydroxylation is 1. The molecule has 0 saturated carbocycles. The van der Waals surface area contributed by atoms with Crippen LogP contribution in [-0.2, 0) is 0 Å². The van der Waals surface area contributed by atoms with Crippen LogP contribution in [0.1, 0.15) is 17.2 Å². The molecule has 16 heavy (non-hydrogen) atoms. The highest BCUT2D eigenvalue weighted by molar-refractivity contribution is 5.26. The quantitative estimate of drug-likeness (QED) is 0.776. The van der Waals surface area contributed by atoms with Crippen LogP contribution in [0.4, 0.5) is 0 Å². The molecule has 1 aliphatic heterocycles.